The van der Waals surface area contributed by atoms with Crippen molar-refractivity contribution in [1.82, 2.24) is 9.97 Å². The predicted octanol–water partition coefficient (Wildman–Crippen LogP) is 3.74. The number of ether oxygens (including phenoxy) is 1. The number of nitrogens with zero attached hydrogens (tertiary/aromatic N) is 1. The molecule has 0 radical (unpaired) electrons. The fourth-order valence-corrected chi connectivity index (χ4v) is 3.66. The Morgan fingerprint density at radius 3 is 3.00 bits per heavy atom. The van der Waals surface area contributed by atoms with E-state index in [-0.39, 0.29) is 5.92 Å². The van der Waals surface area contributed by atoms with E-state index in [1.165, 1.54) is 29.7 Å². The normalized spacial score (nSPS) is 20.3. The zero-order chi connectivity index (χ0) is 14.2. The van der Waals surface area contributed by atoms with E-state index in [0.29, 0.717) is 6.61 Å². The summed E-state index contributed by atoms with van der Waals surface area (Å²) >= 11 is 5.50. The number of fused-ring (bicyclic) bond motifs is 2. The van der Waals surface area contributed by atoms with Gasteiger partial charge in [0.2, 0.25) is 0 Å². The highest BCUT2D eigenvalue weighted by Crippen LogP contribution is 2.31. The standard InChI is InChI=1S/C17H18N2OS/c21-17-13-6-2-3-7-14(13)18-16(19-17)12-9-11-5-1-4-8-15(11)20-10-12/h1,4-5,8,12H,2-3,6-7,9-10H2,(H,18,19,21). The van der Waals surface area contributed by atoms with Gasteiger partial charge in [0.15, 0.2) is 0 Å². The van der Waals surface area contributed by atoms with Gasteiger partial charge in [0.25, 0.3) is 0 Å². The van der Waals surface area contributed by atoms with E-state index in [1.807, 2.05) is 12.1 Å². The molecule has 3 nitrogen and oxygen atoms in total. The molecule has 1 aliphatic carbocycles. The molecule has 0 spiro atoms. The number of nitrogens with one attached hydrogen (secondary N) is 1. The molecule has 2 aromatic rings. The third-order valence-corrected chi connectivity index (χ3v) is 4.83. The lowest BCUT2D eigenvalue weighted by Gasteiger charge is -2.26. The van der Waals surface area contributed by atoms with Crippen LogP contribution in [-0.2, 0) is 19.3 Å². The van der Waals surface area contributed by atoms with E-state index in [9.17, 15) is 0 Å². The van der Waals surface area contributed by atoms with Gasteiger partial charge in [0.1, 0.15) is 16.2 Å². The van der Waals surface area contributed by atoms with Crippen molar-refractivity contribution in [3.63, 3.8) is 0 Å². The number of aryl methyl sites for hydroxylation is 1. The van der Waals surface area contributed by atoms with Crippen molar-refractivity contribution in [2.24, 2.45) is 0 Å². The second-order valence-electron chi connectivity index (χ2n) is 5.91. The molecule has 2 heterocycles. The Morgan fingerprint density at radius 1 is 1.19 bits per heavy atom. The zero-order valence-corrected chi connectivity index (χ0v) is 12.7. The van der Waals surface area contributed by atoms with Crippen LogP contribution in [0.1, 0.15) is 41.4 Å². The van der Waals surface area contributed by atoms with Crippen LogP contribution in [0.4, 0.5) is 0 Å². The average molecular weight is 298 g/mol. The second-order valence-corrected chi connectivity index (χ2v) is 6.30. The maximum atomic E-state index is 5.88. The summed E-state index contributed by atoms with van der Waals surface area (Å²) in [6.45, 7) is 0.675. The molecule has 4 heteroatoms. The van der Waals surface area contributed by atoms with Crippen molar-refractivity contribution >= 4 is 12.2 Å². The van der Waals surface area contributed by atoms with Crippen molar-refractivity contribution < 1.29 is 4.74 Å². The second kappa shape index (κ2) is 5.26. The van der Waals surface area contributed by atoms with E-state index in [4.69, 9.17) is 17.0 Å². The lowest BCUT2D eigenvalue weighted by molar-refractivity contribution is 0.257. The van der Waals surface area contributed by atoms with Crippen LogP contribution < -0.4 is 4.74 Å². The van der Waals surface area contributed by atoms with Crippen LogP contribution >= 0.6 is 12.2 Å². The Balaban J connectivity index is 1.69. The first kappa shape index (κ1) is 13.0. The molecule has 1 atom stereocenters. The van der Waals surface area contributed by atoms with Gasteiger partial charge in [-0.2, -0.15) is 0 Å². The molecular formula is C17H18N2OS. The molecule has 1 N–H and O–H groups in total. The summed E-state index contributed by atoms with van der Waals surface area (Å²) in [6, 6.07) is 8.25. The molecule has 1 aromatic heterocycles. The van der Waals surface area contributed by atoms with Crippen LogP contribution in [-0.4, -0.2) is 16.6 Å². The van der Waals surface area contributed by atoms with Gasteiger partial charge < -0.3 is 9.72 Å². The molecule has 0 saturated heterocycles. The molecular weight excluding hydrogens is 280 g/mol. The quantitative estimate of drug-likeness (QED) is 0.815. The monoisotopic (exact) mass is 298 g/mol. The summed E-state index contributed by atoms with van der Waals surface area (Å²) in [4.78, 5) is 8.21. The number of hydrogen-bond donors (Lipinski definition) is 1. The summed E-state index contributed by atoms with van der Waals surface area (Å²) in [5.41, 5.74) is 3.82. The number of benzene rings is 1. The van der Waals surface area contributed by atoms with E-state index in [0.717, 1.165) is 35.5 Å². The first-order chi connectivity index (χ1) is 10.3. The molecule has 108 valence electrons. The number of aromatic amines is 1. The third kappa shape index (κ3) is 2.38. The van der Waals surface area contributed by atoms with Gasteiger partial charge in [-0.3, -0.25) is 0 Å². The van der Waals surface area contributed by atoms with E-state index in [1.54, 1.807) is 0 Å². The summed E-state index contributed by atoms with van der Waals surface area (Å²) in [7, 11) is 0. The van der Waals surface area contributed by atoms with Crippen molar-refractivity contribution in [2.75, 3.05) is 6.61 Å². The first-order valence-electron chi connectivity index (χ1n) is 7.64. The van der Waals surface area contributed by atoms with Crippen LogP contribution in [0.2, 0.25) is 0 Å². The largest absolute Gasteiger partial charge is 0.493 e. The Morgan fingerprint density at radius 2 is 2.05 bits per heavy atom. The average Bonchev–Trinajstić information content (AvgIpc) is 2.54. The van der Waals surface area contributed by atoms with Crippen molar-refractivity contribution in [2.45, 2.75) is 38.0 Å². The fraction of sp³-hybridized carbons (Fsp3) is 0.412. The Kier molecular flexibility index (Phi) is 3.26. The van der Waals surface area contributed by atoms with Gasteiger partial charge in [-0.25, -0.2) is 4.98 Å². The van der Waals surface area contributed by atoms with Crippen molar-refractivity contribution in [3.05, 3.63) is 51.6 Å². The van der Waals surface area contributed by atoms with Crippen molar-refractivity contribution in [1.29, 1.82) is 0 Å². The zero-order valence-electron chi connectivity index (χ0n) is 11.9. The summed E-state index contributed by atoms with van der Waals surface area (Å²) in [5, 5.41) is 0. The Hall–Kier alpha value is -1.68. The summed E-state index contributed by atoms with van der Waals surface area (Å²) in [5.74, 6) is 2.27. The van der Waals surface area contributed by atoms with Crippen LogP contribution in [0.15, 0.2) is 24.3 Å². The van der Waals surface area contributed by atoms with Gasteiger partial charge in [-0.05, 0) is 43.7 Å². The number of rotatable bonds is 1. The van der Waals surface area contributed by atoms with E-state index >= 15 is 0 Å². The molecule has 0 bridgehead atoms. The fourth-order valence-electron chi connectivity index (χ4n) is 3.34. The molecule has 21 heavy (non-hydrogen) atoms. The highest BCUT2D eigenvalue weighted by Gasteiger charge is 2.24. The lowest BCUT2D eigenvalue weighted by Crippen LogP contribution is -2.22. The molecule has 0 amide bonds. The molecule has 2 aliphatic rings. The van der Waals surface area contributed by atoms with Gasteiger partial charge in [-0.15, -0.1) is 0 Å². The molecule has 0 fully saturated rings. The SMILES string of the molecule is S=c1nc(C2COc3ccccc3C2)[nH]c2c1CCCC2. The van der Waals surface area contributed by atoms with E-state index < -0.39 is 0 Å². The molecule has 1 aliphatic heterocycles. The first-order valence-corrected chi connectivity index (χ1v) is 8.05. The number of H-pyrrole nitrogens is 1. The van der Waals surface area contributed by atoms with Gasteiger partial charge >= 0.3 is 0 Å². The van der Waals surface area contributed by atoms with Gasteiger partial charge in [0, 0.05) is 11.3 Å². The molecule has 4 rings (SSSR count). The minimum absolute atomic E-state index is 0.272. The Bertz CT molecular complexity index is 738. The minimum atomic E-state index is 0.272. The predicted molar refractivity (Wildman–Crippen MR) is 84.4 cm³/mol. The van der Waals surface area contributed by atoms with Crippen LogP contribution in [0.5, 0.6) is 5.75 Å². The third-order valence-electron chi connectivity index (χ3n) is 4.49. The summed E-state index contributed by atoms with van der Waals surface area (Å²) < 4.78 is 6.67. The highest BCUT2D eigenvalue weighted by molar-refractivity contribution is 7.71. The van der Waals surface area contributed by atoms with Crippen LogP contribution in [0.3, 0.4) is 0 Å². The number of hydrogen-bond acceptors (Lipinski definition) is 3. The van der Waals surface area contributed by atoms with Gasteiger partial charge in [-0.1, -0.05) is 30.4 Å². The lowest BCUT2D eigenvalue weighted by atomic mass is 9.94. The van der Waals surface area contributed by atoms with Gasteiger partial charge in [0.05, 0.1) is 12.5 Å². The van der Waals surface area contributed by atoms with Crippen LogP contribution in [0.25, 0.3) is 0 Å². The summed E-state index contributed by atoms with van der Waals surface area (Å²) in [6.07, 6.45) is 5.60. The smallest absolute Gasteiger partial charge is 0.133 e. The topological polar surface area (TPSA) is 37.9 Å². The highest BCUT2D eigenvalue weighted by atomic mass is 32.1. The van der Waals surface area contributed by atoms with Crippen LogP contribution in [0, 0.1) is 4.64 Å². The van der Waals surface area contributed by atoms with Crippen molar-refractivity contribution in [3.8, 4) is 5.75 Å². The number of aromatic nitrogens is 2. The molecule has 1 aromatic carbocycles. The Labute approximate surface area is 129 Å². The molecule has 1 unspecified atom stereocenters. The minimum Gasteiger partial charge on any atom is -0.493 e. The maximum Gasteiger partial charge on any atom is 0.133 e. The van der Waals surface area contributed by atoms with E-state index in [2.05, 4.69) is 22.1 Å². The molecule has 0 saturated carbocycles. The maximum absolute atomic E-state index is 5.88. The number of para-hydroxylation sites is 1.